The zero-order valence-electron chi connectivity index (χ0n) is 18.0. The number of nitrogens with zero attached hydrogens (tertiary/aromatic N) is 1. The molecular formula is C22H28N2O6. The Morgan fingerprint density at radius 3 is 2.47 bits per heavy atom. The molecule has 1 heterocycles. The zero-order valence-corrected chi connectivity index (χ0v) is 18.0. The third-order valence-corrected chi connectivity index (χ3v) is 4.57. The molecule has 0 fully saturated rings. The molecule has 2 rings (SSSR count). The third kappa shape index (κ3) is 5.76. The number of methoxy groups -OCH3 is 2. The number of nitrogens with one attached hydrogen (secondary N) is 1. The van der Waals surface area contributed by atoms with Gasteiger partial charge < -0.3 is 19.5 Å². The number of aryl methyl sites for hydroxylation is 1. The molecule has 0 aliphatic rings. The number of carbonyl (C=O) groups excluding carboxylic acids is 3. The molecule has 1 atom stereocenters. The van der Waals surface area contributed by atoms with Crippen LogP contribution in [-0.4, -0.2) is 49.7 Å². The topological polar surface area (TPSA) is 104 Å². The minimum Gasteiger partial charge on any atom is -0.467 e. The number of benzene rings is 1. The second kappa shape index (κ2) is 10.7. The van der Waals surface area contributed by atoms with Crippen LogP contribution >= 0.6 is 0 Å². The van der Waals surface area contributed by atoms with Crippen molar-refractivity contribution in [3.8, 4) is 0 Å². The van der Waals surface area contributed by atoms with Crippen LogP contribution in [0.15, 0.2) is 24.3 Å². The van der Waals surface area contributed by atoms with Crippen molar-refractivity contribution < 1.29 is 28.6 Å². The van der Waals surface area contributed by atoms with E-state index < -0.39 is 30.5 Å². The average Bonchev–Trinajstić information content (AvgIpc) is 2.71. The molecule has 162 valence electrons. The molecule has 30 heavy (non-hydrogen) atoms. The van der Waals surface area contributed by atoms with Crippen LogP contribution in [0.1, 0.15) is 41.9 Å². The van der Waals surface area contributed by atoms with Gasteiger partial charge >= 0.3 is 11.9 Å². The summed E-state index contributed by atoms with van der Waals surface area (Å²) in [5.41, 5.74) is 2.15. The van der Waals surface area contributed by atoms with Crippen molar-refractivity contribution >= 4 is 28.7 Å². The Balaban J connectivity index is 2.16. The predicted molar refractivity (Wildman–Crippen MR) is 111 cm³/mol. The molecule has 1 aromatic heterocycles. The van der Waals surface area contributed by atoms with Crippen molar-refractivity contribution in [1.82, 2.24) is 10.3 Å². The fourth-order valence-corrected chi connectivity index (χ4v) is 3.22. The summed E-state index contributed by atoms with van der Waals surface area (Å²) in [6.45, 7) is 5.25. The molecule has 0 saturated heterocycles. The molecule has 2 aromatic rings. The van der Waals surface area contributed by atoms with E-state index in [2.05, 4.69) is 10.3 Å². The molecule has 1 unspecified atom stereocenters. The average molecular weight is 416 g/mol. The first-order valence-corrected chi connectivity index (χ1v) is 9.69. The highest BCUT2D eigenvalue weighted by Crippen LogP contribution is 2.24. The highest BCUT2D eigenvalue weighted by molar-refractivity contribution is 5.99. The SMILES string of the molecule is COCc1nc2ccccc2c(C)c1C(=O)OCC(=O)NC(CC(C)C)C(=O)OC. The molecule has 0 spiro atoms. The molecule has 1 N–H and O–H groups in total. The van der Waals surface area contributed by atoms with Crippen molar-refractivity contribution in [2.45, 2.75) is 39.8 Å². The van der Waals surface area contributed by atoms with Crippen LogP contribution in [0, 0.1) is 12.8 Å². The van der Waals surface area contributed by atoms with Gasteiger partial charge in [0.05, 0.1) is 30.5 Å². The van der Waals surface area contributed by atoms with Gasteiger partial charge in [-0.2, -0.15) is 0 Å². The van der Waals surface area contributed by atoms with Crippen molar-refractivity contribution in [3.05, 3.63) is 41.1 Å². The van der Waals surface area contributed by atoms with Crippen molar-refractivity contribution in [1.29, 1.82) is 0 Å². The summed E-state index contributed by atoms with van der Waals surface area (Å²) < 4.78 is 15.1. The van der Waals surface area contributed by atoms with Crippen LogP contribution < -0.4 is 5.32 Å². The van der Waals surface area contributed by atoms with E-state index >= 15 is 0 Å². The van der Waals surface area contributed by atoms with E-state index in [1.807, 2.05) is 38.1 Å². The molecule has 8 nitrogen and oxygen atoms in total. The second-order valence-electron chi connectivity index (χ2n) is 7.36. The Bertz CT molecular complexity index is 925. The standard InChI is InChI=1S/C22H28N2O6/c1-13(2)10-17(21(26)29-5)24-19(25)12-30-22(27)20-14(3)15-8-6-7-9-16(15)23-18(20)11-28-4/h6-9,13,17H,10-12H2,1-5H3,(H,24,25). The molecule has 0 bridgehead atoms. The van der Waals surface area contributed by atoms with Gasteiger partial charge in [-0.3, -0.25) is 4.79 Å². The largest absolute Gasteiger partial charge is 0.467 e. The normalized spacial score (nSPS) is 11.9. The summed E-state index contributed by atoms with van der Waals surface area (Å²) in [6.07, 6.45) is 0.415. The lowest BCUT2D eigenvalue weighted by Gasteiger charge is -2.18. The molecule has 0 saturated carbocycles. The Hall–Kier alpha value is -3.00. The van der Waals surface area contributed by atoms with Crippen LogP contribution in [0.5, 0.6) is 0 Å². The number of aromatic nitrogens is 1. The summed E-state index contributed by atoms with van der Waals surface area (Å²) in [7, 11) is 2.77. The molecular weight excluding hydrogens is 388 g/mol. The first-order chi connectivity index (χ1) is 14.3. The Morgan fingerprint density at radius 2 is 1.83 bits per heavy atom. The fraction of sp³-hybridized carbons (Fsp3) is 0.455. The van der Waals surface area contributed by atoms with Crippen molar-refractivity contribution in [2.75, 3.05) is 20.8 Å². The van der Waals surface area contributed by atoms with Gasteiger partial charge in [0.2, 0.25) is 0 Å². The van der Waals surface area contributed by atoms with Crippen molar-refractivity contribution in [3.63, 3.8) is 0 Å². The molecule has 1 aromatic carbocycles. The van der Waals surface area contributed by atoms with Gasteiger partial charge in [0, 0.05) is 12.5 Å². The number of carbonyl (C=O) groups is 3. The van der Waals surface area contributed by atoms with E-state index in [0.29, 0.717) is 17.7 Å². The number of pyridine rings is 1. The van der Waals surface area contributed by atoms with Gasteiger partial charge in [0.1, 0.15) is 6.04 Å². The van der Waals surface area contributed by atoms with E-state index in [-0.39, 0.29) is 18.1 Å². The number of rotatable bonds is 9. The molecule has 8 heteroatoms. The van der Waals surface area contributed by atoms with Crippen LogP contribution in [0.2, 0.25) is 0 Å². The number of hydrogen-bond acceptors (Lipinski definition) is 7. The van der Waals surface area contributed by atoms with E-state index in [4.69, 9.17) is 14.2 Å². The smallest absolute Gasteiger partial charge is 0.340 e. The number of para-hydroxylation sites is 1. The minimum atomic E-state index is -0.797. The fourth-order valence-electron chi connectivity index (χ4n) is 3.22. The second-order valence-corrected chi connectivity index (χ2v) is 7.36. The number of hydrogen-bond donors (Lipinski definition) is 1. The van der Waals surface area contributed by atoms with Crippen LogP contribution in [-0.2, 0) is 30.4 Å². The van der Waals surface area contributed by atoms with Gasteiger partial charge in [-0.25, -0.2) is 14.6 Å². The first kappa shape index (κ1) is 23.3. The van der Waals surface area contributed by atoms with E-state index in [9.17, 15) is 14.4 Å². The lowest BCUT2D eigenvalue weighted by atomic mass is 10.0. The van der Waals surface area contributed by atoms with Gasteiger partial charge in [0.15, 0.2) is 6.61 Å². The molecule has 0 aliphatic heterocycles. The zero-order chi connectivity index (χ0) is 22.3. The first-order valence-electron chi connectivity index (χ1n) is 9.69. The number of ether oxygens (including phenoxy) is 3. The lowest BCUT2D eigenvalue weighted by Crippen LogP contribution is -2.44. The molecule has 0 aliphatic carbocycles. The summed E-state index contributed by atoms with van der Waals surface area (Å²) in [4.78, 5) is 41.4. The van der Waals surface area contributed by atoms with Gasteiger partial charge in [-0.15, -0.1) is 0 Å². The van der Waals surface area contributed by atoms with Gasteiger partial charge in [-0.05, 0) is 30.9 Å². The van der Waals surface area contributed by atoms with E-state index in [0.717, 1.165) is 10.9 Å². The number of amides is 1. The number of fused-ring (bicyclic) bond motifs is 1. The monoisotopic (exact) mass is 416 g/mol. The van der Waals surface area contributed by atoms with Gasteiger partial charge in [-0.1, -0.05) is 32.0 Å². The van der Waals surface area contributed by atoms with Crippen LogP contribution in [0.4, 0.5) is 0 Å². The highest BCUT2D eigenvalue weighted by Gasteiger charge is 2.24. The Labute approximate surface area is 175 Å². The molecule has 0 radical (unpaired) electrons. The van der Waals surface area contributed by atoms with E-state index in [1.54, 1.807) is 6.92 Å². The summed E-state index contributed by atoms with van der Waals surface area (Å²) in [5, 5.41) is 3.38. The lowest BCUT2D eigenvalue weighted by molar-refractivity contribution is -0.145. The Kier molecular flexibility index (Phi) is 8.29. The van der Waals surface area contributed by atoms with Crippen LogP contribution in [0.3, 0.4) is 0 Å². The summed E-state index contributed by atoms with van der Waals surface area (Å²) in [6, 6.07) is 6.64. The van der Waals surface area contributed by atoms with Crippen LogP contribution in [0.25, 0.3) is 10.9 Å². The minimum absolute atomic E-state index is 0.126. The maximum absolute atomic E-state index is 12.8. The number of esters is 2. The maximum Gasteiger partial charge on any atom is 0.340 e. The Morgan fingerprint density at radius 1 is 1.13 bits per heavy atom. The van der Waals surface area contributed by atoms with E-state index in [1.165, 1.54) is 14.2 Å². The predicted octanol–water partition coefficient (Wildman–Crippen LogP) is 2.55. The summed E-state index contributed by atoms with van der Waals surface area (Å²) in [5.74, 6) is -1.63. The van der Waals surface area contributed by atoms with Gasteiger partial charge in [0.25, 0.3) is 5.91 Å². The maximum atomic E-state index is 12.8. The molecule has 1 amide bonds. The van der Waals surface area contributed by atoms with Crippen molar-refractivity contribution in [2.24, 2.45) is 5.92 Å². The quantitative estimate of drug-likeness (QED) is 0.627. The summed E-state index contributed by atoms with van der Waals surface area (Å²) >= 11 is 0. The third-order valence-electron chi connectivity index (χ3n) is 4.57. The highest BCUT2D eigenvalue weighted by atomic mass is 16.5.